The third-order valence-electron chi connectivity index (χ3n) is 4.79. The molecule has 2 aromatic rings. The maximum absolute atomic E-state index is 14.3. The van der Waals surface area contributed by atoms with E-state index in [0.29, 0.717) is 25.0 Å². The minimum absolute atomic E-state index is 0.0417. The van der Waals surface area contributed by atoms with E-state index in [1.54, 1.807) is 25.2 Å². The normalized spacial score (nSPS) is 14.9. The molecule has 0 radical (unpaired) electrons. The first kappa shape index (κ1) is 20.6. The van der Waals surface area contributed by atoms with Crippen molar-refractivity contribution >= 4 is 11.6 Å². The largest absolute Gasteiger partial charge is 0.490 e. The highest BCUT2D eigenvalue weighted by Crippen LogP contribution is 2.30. The third kappa shape index (κ3) is 5.91. The molecule has 7 nitrogen and oxygen atoms in total. The van der Waals surface area contributed by atoms with Gasteiger partial charge in [0.2, 0.25) is 0 Å². The zero-order chi connectivity index (χ0) is 20.8. The number of guanidine groups is 1. The predicted molar refractivity (Wildman–Crippen MR) is 109 cm³/mol. The lowest BCUT2D eigenvalue weighted by molar-refractivity contribution is -0.384. The minimum atomic E-state index is -0.425. The molecule has 2 aromatic carbocycles. The van der Waals surface area contributed by atoms with Crippen molar-refractivity contribution in [3.63, 3.8) is 0 Å². The van der Waals surface area contributed by atoms with Crippen molar-refractivity contribution in [1.29, 1.82) is 0 Å². The van der Waals surface area contributed by atoms with Crippen molar-refractivity contribution < 1.29 is 14.1 Å². The number of nitrogens with zero attached hydrogens (tertiary/aromatic N) is 2. The van der Waals surface area contributed by atoms with Crippen LogP contribution < -0.4 is 15.4 Å². The van der Waals surface area contributed by atoms with Crippen LogP contribution in [0.25, 0.3) is 0 Å². The SMILES string of the molecule is CN=C(NCc1cccc([N+](=O)[O-])c1)NC(C)c1ccc(OCC2CC2)c(F)c1. The average Bonchev–Trinajstić information content (AvgIpc) is 3.54. The molecule has 1 saturated carbocycles. The zero-order valence-electron chi connectivity index (χ0n) is 16.5. The summed E-state index contributed by atoms with van der Waals surface area (Å²) >= 11 is 0. The number of hydrogen-bond acceptors (Lipinski definition) is 4. The predicted octanol–water partition coefficient (Wildman–Crippen LogP) is 3.95. The molecule has 0 saturated heterocycles. The van der Waals surface area contributed by atoms with Gasteiger partial charge in [0.25, 0.3) is 5.69 Å². The summed E-state index contributed by atoms with van der Waals surface area (Å²) < 4.78 is 19.9. The summed E-state index contributed by atoms with van der Waals surface area (Å²) in [7, 11) is 1.63. The molecule has 2 N–H and O–H groups in total. The molecule has 1 aliphatic carbocycles. The molecule has 1 fully saturated rings. The average molecular weight is 400 g/mol. The monoisotopic (exact) mass is 400 g/mol. The summed E-state index contributed by atoms with van der Waals surface area (Å²) in [5.41, 5.74) is 1.57. The van der Waals surface area contributed by atoms with E-state index < -0.39 is 4.92 Å². The van der Waals surface area contributed by atoms with Crippen LogP contribution in [-0.4, -0.2) is 24.5 Å². The van der Waals surface area contributed by atoms with Gasteiger partial charge in [-0.05, 0) is 48.9 Å². The molecule has 1 aliphatic rings. The van der Waals surface area contributed by atoms with Crippen molar-refractivity contribution in [3.05, 3.63) is 69.5 Å². The number of halogens is 1. The van der Waals surface area contributed by atoms with Crippen molar-refractivity contribution in [2.24, 2.45) is 10.9 Å². The van der Waals surface area contributed by atoms with Crippen LogP contribution in [0, 0.1) is 21.8 Å². The molecular weight excluding hydrogens is 375 g/mol. The van der Waals surface area contributed by atoms with Gasteiger partial charge < -0.3 is 15.4 Å². The highest BCUT2D eigenvalue weighted by Gasteiger charge is 2.22. The molecule has 8 heteroatoms. The molecule has 0 spiro atoms. The Balaban J connectivity index is 1.56. The van der Waals surface area contributed by atoms with E-state index in [9.17, 15) is 14.5 Å². The number of aliphatic imine (C=N–C) groups is 1. The molecule has 0 aliphatic heterocycles. The second-order valence-electron chi connectivity index (χ2n) is 7.16. The van der Waals surface area contributed by atoms with Gasteiger partial charge in [-0.1, -0.05) is 18.2 Å². The third-order valence-corrected chi connectivity index (χ3v) is 4.79. The van der Waals surface area contributed by atoms with Gasteiger partial charge in [-0.15, -0.1) is 0 Å². The quantitative estimate of drug-likeness (QED) is 0.303. The molecule has 3 rings (SSSR count). The summed E-state index contributed by atoms with van der Waals surface area (Å²) in [6, 6.07) is 11.2. The molecule has 1 atom stereocenters. The number of nitrogens with one attached hydrogen (secondary N) is 2. The van der Waals surface area contributed by atoms with Gasteiger partial charge in [-0.3, -0.25) is 15.1 Å². The Hall–Kier alpha value is -3.16. The van der Waals surface area contributed by atoms with Gasteiger partial charge in [0.05, 0.1) is 17.6 Å². The van der Waals surface area contributed by atoms with Gasteiger partial charge in [-0.25, -0.2) is 4.39 Å². The fraction of sp³-hybridized carbons (Fsp3) is 0.381. The lowest BCUT2D eigenvalue weighted by atomic mass is 10.1. The number of rotatable bonds is 8. The first-order chi connectivity index (χ1) is 14.0. The van der Waals surface area contributed by atoms with E-state index >= 15 is 0 Å². The van der Waals surface area contributed by atoms with Gasteiger partial charge in [-0.2, -0.15) is 0 Å². The number of ether oxygens (including phenoxy) is 1. The summed E-state index contributed by atoms with van der Waals surface area (Å²) in [6.45, 7) is 2.84. The van der Waals surface area contributed by atoms with E-state index in [1.807, 2.05) is 13.0 Å². The topological polar surface area (TPSA) is 88.8 Å². The molecule has 154 valence electrons. The summed E-state index contributed by atoms with van der Waals surface area (Å²) in [4.78, 5) is 14.6. The minimum Gasteiger partial charge on any atom is -0.490 e. The fourth-order valence-corrected chi connectivity index (χ4v) is 2.84. The second-order valence-corrected chi connectivity index (χ2v) is 7.16. The number of nitro groups is 1. The smallest absolute Gasteiger partial charge is 0.269 e. The molecule has 1 unspecified atom stereocenters. The van der Waals surface area contributed by atoms with E-state index in [-0.39, 0.29) is 23.3 Å². The van der Waals surface area contributed by atoms with Crippen molar-refractivity contribution in [3.8, 4) is 5.75 Å². The van der Waals surface area contributed by atoms with Gasteiger partial charge in [0, 0.05) is 25.7 Å². The molecule has 29 heavy (non-hydrogen) atoms. The van der Waals surface area contributed by atoms with Crippen LogP contribution in [0.3, 0.4) is 0 Å². The number of non-ortho nitro benzene ring substituents is 1. The van der Waals surface area contributed by atoms with Crippen LogP contribution in [0.5, 0.6) is 5.75 Å². The molecular formula is C21H25FN4O3. The highest BCUT2D eigenvalue weighted by molar-refractivity contribution is 5.80. The molecule has 0 heterocycles. The Morgan fingerprint density at radius 3 is 2.79 bits per heavy atom. The highest BCUT2D eigenvalue weighted by atomic mass is 19.1. The Morgan fingerprint density at radius 2 is 2.14 bits per heavy atom. The van der Waals surface area contributed by atoms with E-state index in [2.05, 4.69) is 15.6 Å². The summed E-state index contributed by atoms with van der Waals surface area (Å²) in [6.07, 6.45) is 2.31. The van der Waals surface area contributed by atoms with Gasteiger partial charge >= 0.3 is 0 Å². The van der Waals surface area contributed by atoms with Crippen LogP contribution in [-0.2, 0) is 6.54 Å². The van der Waals surface area contributed by atoms with Crippen molar-refractivity contribution in [2.45, 2.75) is 32.4 Å². The first-order valence-corrected chi connectivity index (χ1v) is 9.59. The maximum atomic E-state index is 14.3. The number of nitro benzene ring substituents is 1. The Kier molecular flexibility index (Phi) is 6.64. The lowest BCUT2D eigenvalue weighted by Gasteiger charge is -2.19. The van der Waals surface area contributed by atoms with Crippen molar-refractivity contribution in [1.82, 2.24) is 10.6 Å². The van der Waals surface area contributed by atoms with E-state index in [0.717, 1.165) is 24.0 Å². The Labute approximate surface area is 169 Å². The van der Waals surface area contributed by atoms with Gasteiger partial charge in [0.1, 0.15) is 0 Å². The Bertz CT molecular complexity index is 899. The maximum Gasteiger partial charge on any atom is 0.269 e. The van der Waals surface area contributed by atoms with Crippen LogP contribution >= 0.6 is 0 Å². The van der Waals surface area contributed by atoms with Crippen LogP contribution in [0.1, 0.15) is 36.9 Å². The van der Waals surface area contributed by atoms with Crippen LogP contribution in [0.4, 0.5) is 10.1 Å². The molecule has 0 amide bonds. The summed E-state index contributed by atoms with van der Waals surface area (Å²) in [5, 5.41) is 17.2. The lowest BCUT2D eigenvalue weighted by Crippen LogP contribution is -2.38. The number of hydrogen-bond donors (Lipinski definition) is 2. The molecule has 0 bridgehead atoms. The van der Waals surface area contributed by atoms with E-state index in [1.165, 1.54) is 18.2 Å². The zero-order valence-corrected chi connectivity index (χ0v) is 16.5. The second kappa shape index (κ2) is 9.36. The standard InChI is InChI=1S/C21H25FN4O3/c1-14(17-8-9-20(19(22)11-17)29-13-15-6-7-15)25-21(23-2)24-12-16-4-3-5-18(10-16)26(27)28/h3-5,8-11,14-15H,6-7,12-13H2,1-2H3,(H2,23,24,25). The van der Waals surface area contributed by atoms with Gasteiger partial charge in [0.15, 0.2) is 17.5 Å². The van der Waals surface area contributed by atoms with E-state index in [4.69, 9.17) is 4.74 Å². The molecule has 0 aromatic heterocycles. The van der Waals surface area contributed by atoms with Crippen LogP contribution in [0.15, 0.2) is 47.5 Å². The summed E-state index contributed by atoms with van der Waals surface area (Å²) in [5.74, 6) is 0.978. The fourth-order valence-electron chi connectivity index (χ4n) is 2.84. The number of benzene rings is 2. The Morgan fingerprint density at radius 1 is 1.34 bits per heavy atom. The van der Waals surface area contributed by atoms with Crippen LogP contribution in [0.2, 0.25) is 0 Å². The first-order valence-electron chi connectivity index (χ1n) is 9.59. The van der Waals surface area contributed by atoms with Crippen molar-refractivity contribution in [2.75, 3.05) is 13.7 Å².